The van der Waals surface area contributed by atoms with Gasteiger partial charge in [0.25, 0.3) is 0 Å². The fraction of sp³-hybridized carbons (Fsp3) is 0.100. The van der Waals surface area contributed by atoms with Crippen molar-refractivity contribution in [2.45, 2.75) is 6.92 Å². The Balaban J connectivity index is 1.85. The van der Waals surface area contributed by atoms with Crippen molar-refractivity contribution in [3.8, 4) is 11.5 Å². The van der Waals surface area contributed by atoms with Gasteiger partial charge >= 0.3 is 5.97 Å². The average molecular weight is 320 g/mol. The summed E-state index contributed by atoms with van der Waals surface area (Å²) in [5.74, 6) is 0.634. The lowest BCUT2D eigenvalue weighted by molar-refractivity contribution is 0.0735. The van der Waals surface area contributed by atoms with Crippen LogP contribution < -0.4 is 9.47 Å². The van der Waals surface area contributed by atoms with E-state index in [1.807, 2.05) is 24.3 Å². The maximum atomic E-state index is 12.3. The van der Waals surface area contributed by atoms with Crippen LogP contribution in [0.5, 0.6) is 11.5 Å². The summed E-state index contributed by atoms with van der Waals surface area (Å²) in [6, 6.07) is 17.6. The largest absolute Gasteiger partial charge is 0.497 e. The van der Waals surface area contributed by atoms with Crippen LogP contribution in [0.2, 0.25) is 0 Å². The number of ketones is 1. The molecule has 3 rings (SSSR count). The molecular weight excluding hydrogens is 304 g/mol. The Labute approximate surface area is 139 Å². The van der Waals surface area contributed by atoms with Crippen molar-refractivity contribution < 1.29 is 19.1 Å². The first-order chi connectivity index (χ1) is 11.6. The zero-order chi connectivity index (χ0) is 17.1. The molecule has 0 fully saturated rings. The minimum absolute atomic E-state index is 0.0932. The number of methoxy groups -OCH3 is 1. The van der Waals surface area contributed by atoms with Gasteiger partial charge in [0.1, 0.15) is 11.5 Å². The lowest BCUT2D eigenvalue weighted by Crippen LogP contribution is -2.09. The molecule has 3 aromatic rings. The fourth-order valence-electron chi connectivity index (χ4n) is 2.42. The molecule has 0 N–H and O–H groups in total. The molecule has 0 unspecified atom stereocenters. The molecule has 0 aliphatic rings. The summed E-state index contributed by atoms with van der Waals surface area (Å²) >= 11 is 0. The Morgan fingerprint density at radius 1 is 0.792 bits per heavy atom. The van der Waals surface area contributed by atoms with Crippen molar-refractivity contribution in [1.29, 1.82) is 0 Å². The molecule has 0 aromatic heterocycles. The van der Waals surface area contributed by atoms with Gasteiger partial charge in [-0.25, -0.2) is 4.79 Å². The molecule has 0 spiro atoms. The maximum Gasteiger partial charge on any atom is 0.343 e. The number of hydrogen-bond acceptors (Lipinski definition) is 4. The SMILES string of the molecule is COc1ccc2cc(OC(=O)c3cccc(C(C)=O)c3)ccc2c1. The van der Waals surface area contributed by atoms with Crippen molar-refractivity contribution in [3.63, 3.8) is 0 Å². The Morgan fingerprint density at radius 3 is 2.08 bits per heavy atom. The van der Waals surface area contributed by atoms with E-state index in [1.165, 1.54) is 13.0 Å². The van der Waals surface area contributed by atoms with Gasteiger partial charge in [-0.1, -0.05) is 24.3 Å². The summed E-state index contributed by atoms with van der Waals surface area (Å²) < 4.78 is 10.6. The van der Waals surface area contributed by atoms with Crippen LogP contribution >= 0.6 is 0 Å². The first kappa shape index (κ1) is 15.7. The molecule has 24 heavy (non-hydrogen) atoms. The Morgan fingerprint density at radius 2 is 1.42 bits per heavy atom. The minimum atomic E-state index is -0.494. The maximum absolute atomic E-state index is 12.3. The van der Waals surface area contributed by atoms with Gasteiger partial charge in [-0.05, 0) is 54.1 Å². The lowest BCUT2D eigenvalue weighted by Gasteiger charge is -2.07. The number of hydrogen-bond donors (Lipinski definition) is 0. The number of Topliss-reactive ketones (excluding diaryl/α,β-unsaturated/α-hetero) is 1. The first-order valence-corrected chi connectivity index (χ1v) is 7.48. The molecule has 0 aliphatic carbocycles. The second-order valence-corrected chi connectivity index (χ2v) is 5.40. The molecule has 0 radical (unpaired) electrons. The summed E-state index contributed by atoms with van der Waals surface area (Å²) in [6.07, 6.45) is 0. The highest BCUT2D eigenvalue weighted by atomic mass is 16.5. The van der Waals surface area contributed by atoms with E-state index in [-0.39, 0.29) is 5.78 Å². The van der Waals surface area contributed by atoms with Crippen molar-refractivity contribution in [3.05, 3.63) is 71.8 Å². The van der Waals surface area contributed by atoms with E-state index in [2.05, 4.69) is 0 Å². The average Bonchev–Trinajstić information content (AvgIpc) is 2.61. The highest BCUT2D eigenvalue weighted by Gasteiger charge is 2.11. The molecule has 0 saturated carbocycles. The number of carbonyl (C=O) groups excluding carboxylic acids is 2. The van der Waals surface area contributed by atoms with Crippen LogP contribution in [0, 0.1) is 0 Å². The van der Waals surface area contributed by atoms with E-state index < -0.39 is 5.97 Å². The van der Waals surface area contributed by atoms with Crippen molar-refractivity contribution in [2.75, 3.05) is 7.11 Å². The normalized spacial score (nSPS) is 10.4. The number of esters is 1. The van der Waals surface area contributed by atoms with Gasteiger partial charge < -0.3 is 9.47 Å². The smallest absolute Gasteiger partial charge is 0.343 e. The summed E-state index contributed by atoms with van der Waals surface area (Å²) in [7, 11) is 1.62. The monoisotopic (exact) mass is 320 g/mol. The van der Waals surface area contributed by atoms with Crippen LogP contribution in [0.3, 0.4) is 0 Å². The van der Waals surface area contributed by atoms with Gasteiger partial charge in [-0.15, -0.1) is 0 Å². The second kappa shape index (κ2) is 6.54. The second-order valence-electron chi connectivity index (χ2n) is 5.40. The minimum Gasteiger partial charge on any atom is -0.497 e. The van der Waals surface area contributed by atoms with Crippen LogP contribution in [-0.4, -0.2) is 18.9 Å². The van der Waals surface area contributed by atoms with Gasteiger partial charge in [0.15, 0.2) is 5.78 Å². The van der Waals surface area contributed by atoms with Crippen LogP contribution in [0.25, 0.3) is 10.8 Å². The molecular formula is C20H16O4. The van der Waals surface area contributed by atoms with Crippen LogP contribution in [0.1, 0.15) is 27.6 Å². The third-order valence-corrected chi connectivity index (χ3v) is 3.73. The van der Waals surface area contributed by atoms with E-state index in [0.29, 0.717) is 16.9 Å². The van der Waals surface area contributed by atoms with E-state index in [4.69, 9.17) is 9.47 Å². The standard InChI is InChI=1S/C20H16O4/c1-13(21)14-4-3-5-17(10-14)20(22)24-19-9-7-15-11-18(23-2)8-6-16(15)12-19/h3-12H,1-2H3. The van der Waals surface area contributed by atoms with Crippen molar-refractivity contribution >= 4 is 22.5 Å². The molecule has 4 nitrogen and oxygen atoms in total. The quantitative estimate of drug-likeness (QED) is 0.409. The zero-order valence-electron chi connectivity index (χ0n) is 13.4. The summed E-state index contributed by atoms with van der Waals surface area (Å²) in [6.45, 7) is 1.46. The van der Waals surface area contributed by atoms with Crippen molar-refractivity contribution in [1.82, 2.24) is 0 Å². The number of rotatable bonds is 4. The van der Waals surface area contributed by atoms with Crippen LogP contribution in [0.4, 0.5) is 0 Å². The van der Waals surface area contributed by atoms with Crippen LogP contribution in [0.15, 0.2) is 60.7 Å². The summed E-state index contributed by atoms with van der Waals surface area (Å²) in [5, 5.41) is 1.94. The molecule has 0 aliphatic heterocycles. The first-order valence-electron chi connectivity index (χ1n) is 7.48. The third-order valence-electron chi connectivity index (χ3n) is 3.73. The lowest BCUT2D eigenvalue weighted by atomic mass is 10.1. The highest BCUT2D eigenvalue weighted by molar-refractivity contribution is 5.98. The molecule has 3 aromatic carbocycles. The Kier molecular flexibility index (Phi) is 4.29. The van der Waals surface area contributed by atoms with E-state index >= 15 is 0 Å². The Hall–Kier alpha value is -3.14. The molecule has 0 saturated heterocycles. The predicted molar refractivity (Wildman–Crippen MR) is 91.9 cm³/mol. The topological polar surface area (TPSA) is 52.6 Å². The van der Waals surface area contributed by atoms with Gasteiger partial charge in [-0.2, -0.15) is 0 Å². The zero-order valence-corrected chi connectivity index (χ0v) is 13.4. The van der Waals surface area contributed by atoms with Gasteiger partial charge in [0, 0.05) is 5.56 Å². The summed E-state index contributed by atoms with van der Waals surface area (Å²) in [4.78, 5) is 23.7. The van der Waals surface area contributed by atoms with Crippen molar-refractivity contribution in [2.24, 2.45) is 0 Å². The number of ether oxygens (including phenoxy) is 2. The number of fused-ring (bicyclic) bond motifs is 1. The van der Waals surface area contributed by atoms with Gasteiger partial charge in [-0.3, -0.25) is 4.79 Å². The summed E-state index contributed by atoms with van der Waals surface area (Å²) in [5.41, 5.74) is 0.826. The van der Waals surface area contributed by atoms with Gasteiger partial charge in [0.2, 0.25) is 0 Å². The number of carbonyl (C=O) groups is 2. The fourth-order valence-corrected chi connectivity index (χ4v) is 2.42. The molecule has 120 valence electrons. The van der Waals surface area contributed by atoms with E-state index in [1.54, 1.807) is 37.4 Å². The molecule has 4 heteroatoms. The number of benzene rings is 3. The highest BCUT2D eigenvalue weighted by Crippen LogP contribution is 2.25. The molecule has 0 heterocycles. The molecule has 0 atom stereocenters. The van der Waals surface area contributed by atoms with E-state index in [0.717, 1.165) is 16.5 Å². The Bertz CT molecular complexity index is 928. The predicted octanol–water partition coefficient (Wildman–Crippen LogP) is 4.27. The molecule has 0 bridgehead atoms. The third kappa shape index (κ3) is 3.27. The van der Waals surface area contributed by atoms with Crippen LogP contribution in [-0.2, 0) is 0 Å². The molecule has 0 amide bonds. The van der Waals surface area contributed by atoms with E-state index in [9.17, 15) is 9.59 Å². The van der Waals surface area contributed by atoms with Gasteiger partial charge in [0.05, 0.1) is 12.7 Å².